The molecule has 1 atom stereocenters. The Labute approximate surface area is 122 Å². The van der Waals surface area contributed by atoms with E-state index in [-0.39, 0.29) is 0 Å². The molecular formula is C17H16N2S. The molecule has 2 nitrogen and oxygen atoms in total. The zero-order valence-corrected chi connectivity index (χ0v) is 12.2. The average Bonchev–Trinajstić information content (AvgIpc) is 2.81. The van der Waals surface area contributed by atoms with E-state index in [1.165, 1.54) is 27.8 Å². The lowest BCUT2D eigenvalue weighted by Gasteiger charge is -2.30. The molecule has 0 fully saturated rings. The van der Waals surface area contributed by atoms with Crippen LogP contribution in [-0.4, -0.2) is 11.5 Å². The molecule has 0 aliphatic heterocycles. The fraction of sp³-hybridized carbons (Fsp3) is 0.235. The summed E-state index contributed by atoms with van der Waals surface area (Å²) in [6.45, 7) is 3.10. The number of aryl methyl sites for hydroxylation is 1. The van der Waals surface area contributed by atoms with Crippen molar-refractivity contribution in [3.63, 3.8) is 0 Å². The third-order valence-electron chi connectivity index (χ3n) is 4.00. The van der Waals surface area contributed by atoms with Crippen molar-refractivity contribution in [1.29, 1.82) is 0 Å². The maximum absolute atomic E-state index is 4.65. The van der Waals surface area contributed by atoms with Crippen molar-refractivity contribution in [2.45, 2.75) is 19.3 Å². The van der Waals surface area contributed by atoms with Crippen LogP contribution in [-0.2, 0) is 6.42 Å². The van der Waals surface area contributed by atoms with Crippen molar-refractivity contribution in [3.05, 3.63) is 59.2 Å². The van der Waals surface area contributed by atoms with Crippen LogP contribution in [0.15, 0.2) is 42.5 Å². The molecule has 1 N–H and O–H groups in total. The van der Waals surface area contributed by atoms with Crippen molar-refractivity contribution in [3.8, 4) is 0 Å². The van der Waals surface area contributed by atoms with Gasteiger partial charge in [0.05, 0.1) is 10.2 Å². The summed E-state index contributed by atoms with van der Waals surface area (Å²) in [6.07, 6.45) is 1.19. The molecule has 0 amide bonds. The van der Waals surface area contributed by atoms with Gasteiger partial charge in [0, 0.05) is 12.5 Å². The predicted molar refractivity (Wildman–Crippen MR) is 85.7 cm³/mol. The first kappa shape index (κ1) is 11.9. The minimum absolute atomic E-state index is 0.639. The van der Waals surface area contributed by atoms with Gasteiger partial charge in [-0.1, -0.05) is 41.7 Å². The van der Waals surface area contributed by atoms with Gasteiger partial charge in [-0.2, -0.15) is 0 Å². The predicted octanol–water partition coefficient (Wildman–Crippen LogP) is 4.36. The normalized spacial score (nSPS) is 16.8. The molecule has 0 saturated heterocycles. The molecule has 0 spiro atoms. The second-order valence-electron chi connectivity index (χ2n) is 5.47. The van der Waals surface area contributed by atoms with E-state index in [9.17, 15) is 0 Å². The largest absolute Gasteiger partial charge is 0.361 e. The van der Waals surface area contributed by atoms with Gasteiger partial charge in [-0.05, 0) is 42.2 Å². The van der Waals surface area contributed by atoms with Crippen LogP contribution in [0.4, 0.5) is 5.13 Å². The van der Waals surface area contributed by atoms with E-state index in [0.29, 0.717) is 5.92 Å². The summed E-state index contributed by atoms with van der Waals surface area (Å²) in [5.74, 6) is 0.639. The first-order valence-electron chi connectivity index (χ1n) is 6.98. The van der Waals surface area contributed by atoms with Gasteiger partial charge < -0.3 is 5.32 Å². The molecule has 2 aromatic carbocycles. The van der Waals surface area contributed by atoms with Crippen LogP contribution in [0, 0.1) is 6.92 Å². The Balaban J connectivity index is 1.49. The number of anilines is 1. The first-order valence-corrected chi connectivity index (χ1v) is 7.80. The molecule has 3 aromatic rings. The number of fused-ring (bicyclic) bond motifs is 2. The maximum Gasteiger partial charge on any atom is 0.183 e. The fourth-order valence-electron chi connectivity index (χ4n) is 2.86. The number of benzene rings is 2. The zero-order chi connectivity index (χ0) is 13.5. The van der Waals surface area contributed by atoms with E-state index < -0.39 is 0 Å². The molecule has 1 aliphatic rings. The highest BCUT2D eigenvalue weighted by molar-refractivity contribution is 7.22. The summed E-state index contributed by atoms with van der Waals surface area (Å²) in [6, 6.07) is 15.2. The SMILES string of the molecule is Cc1ccc2nc(NCC3Cc4ccccc43)sc2c1. The van der Waals surface area contributed by atoms with Gasteiger partial charge in [0.25, 0.3) is 0 Å². The Hall–Kier alpha value is -1.87. The minimum atomic E-state index is 0.639. The van der Waals surface area contributed by atoms with Crippen LogP contribution in [0.5, 0.6) is 0 Å². The number of thiazole rings is 1. The van der Waals surface area contributed by atoms with Crippen molar-refractivity contribution in [1.82, 2.24) is 4.98 Å². The molecule has 0 radical (unpaired) electrons. The Morgan fingerprint density at radius 1 is 1.25 bits per heavy atom. The molecule has 1 aliphatic carbocycles. The van der Waals surface area contributed by atoms with Crippen LogP contribution in [0.2, 0.25) is 0 Å². The number of rotatable bonds is 3. The third kappa shape index (κ3) is 1.98. The zero-order valence-electron chi connectivity index (χ0n) is 11.4. The van der Waals surface area contributed by atoms with E-state index in [1.807, 2.05) is 0 Å². The van der Waals surface area contributed by atoms with Gasteiger partial charge in [0.15, 0.2) is 5.13 Å². The van der Waals surface area contributed by atoms with Crippen LogP contribution >= 0.6 is 11.3 Å². The molecule has 0 bridgehead atoms. The topological polar surface area (TPSA) is 24.9 Å². The summed E-state index contributed by atoms with van der Waals surface area (Å²) in [5.41, 5.74) is 5.38. The summed E-state index contributed by atoms with van der Waals surface area (Å²) >= 11 is 1.75. The van der Waals surface area contributed by atoms with Crippen LogP contribution in [0.1, 0.15) is 22.6 Å². The monoisotopic (exact) mass is 280 g/mol. The first-order chi connectivity index (χ1) is 9.79. The summed E-state index contributed by atoms with van der Waals surface area (Å²) in [7, 11) is 0. The number of hydrogen-bond acceptors (Lipinski definition) is 3. The molecule has 1 aromatic heterocycles. The second-order valence-corrected chi connectivity index (χ2v) is 6.50. The Kier molecular flexibility index (Phi) is 2.74. The minimum Gasteiger partial charge on any atom is -0.361 e. The summed E-state index contributed by atoms with van der Waals surface area (Å²) < 4.78 is 1.27. The summed E-state index contributed by atoms with van der Waals surface area (Å²) in [5, 5.41) is 4.54. The third-order valence-corrected chi connectivity index (χ3v) is 4.98. The smallest absolute Gasteiger partial charge is 0.183 e. The lowest BCUT2D eigenvalue weighted by Crippen LogP contribution is -2.24. The molecule has 1 unspecified atom stereocenters. The van der Waals surface area contributed by atoms with Gasteiger partial charge in [0.2, 0.25) is 0 Å². The molecule has 0 saturated carbocycles. The fourth-order valence-corrected chi connectivity index (χ4v) is 3.83. The maximum atomic E-state index is 4.65. The van der Waals surface area contributed by atoms with Gasteiger partial charge >= 0.3 is 0 Å². The molecule has 100 valence electrons. The number of nitrogens with zero attached hydrogens (tertiary/aromatic N) is 1. The van der Waals surface area contributed by atoms with E-state index in [2.05, 4.69) is 59.7 Å². The standard InChI is InChI=1S/C17H16N2S/c1-11-6-7-15-16(8-11)20-17(19-15)18-10-13-9-12-4-2-3-5-14(12)13/h2-8,13H,9-10H2,1H3,(H,18,19). The second kappa shape index (κ2) is 4.60. The quantitative estimate of drug-likeness (QED) is 0.771. The van der Waals surface area contributed by atoms with Crippen LogP contribution in [0.3, 0.4) is 0 Å². The van der Waals surface area contributed by atoms with Crippen molar-refractivity contribution in [2.24, 2.45) is 0 Å². The molecule has 20 heavy (non-hydrogen) atoms. The van der Waals surface area contributed by atoms with Crippen molar-refractivity contribution in [2.75, 3.05) is 11.9 Å². The van der Waals surface area contributed by atoms with E-state index >= 15 is 0 Å². The average molecular weight is 280 g/mol. The van der Waals surface area contributed by atoms with E-state index in [0.717, 1.165) is 17.2 Å². The Morgan fingerprint density at radius 2 is 2.15 bits per heavy atom. The van der Waals surface area contributed by atoms with Gasteiger partial charge in [-0.3, -0.25) is 0 Å². The van der Waals surface area contributed by atoms with Crippen LogP contribution < -0.4 is 5.32 Å². The lowest BCUT2D eigenvalue weighted by molar-refractivity contribution is 0.635. The van der Waals surface area contributed by atoms with Gasteiger partial charge in [-0.15, -0.1) is 0 Å². The van der Waals surface area contributed by atoms with E-state index in [1.54, 1.807) is 11.3 Å². The number of hydrogen-bond donors (Lipinski definition) is 1. The van der Waals surface area contributed by atoms with Crippen molar-refractivity contribution >= 4 is 26.7 Å². The van der Waals surface area contributed by atoms with Gasteiger partial charge in [-0.25, -0.2) is 4.98 Å². The van der Waals surface area contributed by atoms with Crippen LogP contribution in [0.25, 0.3) is 10.2 Å². The van der Waals surface area contributed by atoms with E-state index in [4.69, 9.17) is 0 Å². The van der Waals surface area contributed by atoms with Gasteiger partial charge in [0.1, 0.15) is 0 Å². The molecule has 4 rings (SSSR count). The highest BCUT2D eigenvalue weighted by Crippen LogP contribution is 2.35. The Bertz CT molecular complexity index is 776. The Morgan fingerprint density at radius 3 is 3.05 bits per heavy atom. The molecular weight excluding hydrogens is 264 g/mol. The molecule has 1 heterocycles. The number of aromatic nitrogens is 1. The lowest BCUT2D eigenvalue weighted by atomic mass is 9.78. The summed E-state index contributed by atoms with van der Waals surface area (Å²) in [4.78, 5) is 4.65. The van der Waals surface area contributed by atoms with Crippen molar-refractivity contribution < 1.29 is 0 Å². The highest BCUT2D eigenvalue weighted by Gasteiger charge is 2.25. The molecule has 3 heteroatoms. The highest BCUT2D eigenvalue weighted by atomic mass is 32.1. The number of nitrogens with one attached hydrogen (secondary N) is 1.